The van der Waals surface area contributed by atoms with Gasteiger partial charge in [-0.15, -0.1) is 0 Å². The van der Waals surface area contributed by atoms with Crippen LogP contribution in [0.25, 0.3) is 0 Å². The Bertz CT molecular complexity index is 399. The molecule has 2 unspecified atom stereocenters. The number of piperazine rings is 1. The maximum Gasteiger partial charge on any atom is 0.0516 e. The van der Waals surface area contributed by atoms with Crippen molar-refractivity contribution >= 4 is 21.6 Å². The Kier molecular flexibility index (Phi) is 4.65. The minimum absolute atomic E-state index is 0.242. The number of para-hydroxylation sites is 1. The van der Waals surface area contributed by atoms with Crippen molar-refractivity contribution in [3.8, 4) is 0 Å². The van der Waals surface area contributed by atoms with Gasteiger partial charge in [-0.25, -0.2) is 0 Å². The van der Waals surface area contributed by atoms with Crippen molar-refractivity contribution in [2.75, 3.05) is 31.6 Å². The first-order chi connectivity index (χ1) is 8.63. The van der Waals surface area contributed by atoms with Gasteiger partial charge in [0.15, 0.2) is 0 Å². The van der Waals surface area contributed by atoms with E-state index in [0.29, 0.717) is 12.1 Å². The molecule has 0 aromatic heterocycles. The van der Waals surface area contributed by atoms with Crippen molar-refractivity contribution in [1.29, 1.82) is 0 Å². The lowest BCUT2D eigenvalue weighted by molar-refractivity contribution is 0.198. The van der Waals surface area contributed by atoms with Crippen molar-refractivity contribution < 1.29 is 5.11 Å². The van der Waals surface area contributed by atoms with Gasteiger partial charge < -0.3 is 14.9 Å². The summed E-state index contributed by atoms with van der Waals surface area (Å²) in [5, 5.41) is 9.27. The van der Waals surface area contributed by atoms with Gasteiger partial charge in [0.2, 0.25) is 0 Å². The van der Waals surface area contributed by atoms with Gasteiger partial charge in [0.25, 0.3) is 0 Å². The number of aliphatic hydroxyl groups excluding tert-OH is 1. The Balaban J connectivity index is 2.29. The van der Waals surface area contributed by atoms with E-state index in [2.05, 4.69) is 57.9 Å². The van der Waals surface area contributed by atoms with Crippen LogP contribution in [0.5, 0.6) is 0 Å². The Labute approximate surface area is 118 Å². The molecule has 0 spiro atoms. The smallest absolute Gasteiger partial charge is 0.0516 e. The van der Waals surface area contributed by atoms with Crippen molar-refractivity contribution in [1.82, 2.24) is 4.90 Å². The average molecular weight is 313 g/mol. The van der Waals surface area contributed by atoms with Gasteiger partial charge in [0.05, 0.1) is 5.69 Å². The van der Waals surface area contributed by atoms with E-state index in [1.165, 1.54) is 5.69 Å². The predicted molar refractivity (Wildman–Crippen MR) is 79.1 cm³/mol. The molecule has 3 nitrogen and oxygen atoms in total. The summed E-state index contributed by atoms with van der Waals surface area (Å²) in [6.45, 7) is 4.56. The Hall–Kier alpha value is -0.580. The standard InChI is InChI=1S/C14H21BrN2O/c1-11-9-16(2)10-12(7-8-18)17(11)14-6-4-3-5-13(14)15/h3-6,11-12,18H,7-10H2,1-2H3. The fourth-order valence-electron chi connectivity index (χ4n) is 2.90. The maximum atomic E-state index is 9.27. The molecule has 2 rings (SSSR count). The van der Waals surface area contributed by atoms with Crippen molar-refractivity contribution in [2.45, 2.75) is 25.4 Å². The van der Waals surface area contributed by atoms with Gasteiger partial charge in [-0.05, 0) is 48.5 Å². The molecule has 0 saturated carbocycles. The number of nitrogens with zero attached hydrogens (tertiary/aromatic N) is 2. The predicted octanol–water partition coefficient (Wildman–Crippen LogP) is 2.34. The molecule has 1 aromatic carbocycles. The topological polar surface area (TPSA) is 26.7 Å². The second kappa shape index (κ2) is 6.04. The van der Waals surface area contributed by atoms with Crippen LogP contribution in [0.4, 0.5) is 5.69 Å². The molecule has 1 aliphatic rings. The number of likely N-dealkylation sites (N-methyl/N-ethyl adjacent to an activating group) is 1. The monoisotopic (exact) mass is 312 g/mol. The summed E-state index contributed by atoms with van der Waals surface area (Å²) >= 11 is 3.64. The van der Waals surface area contributed by atoms with Crippen LogP contribution in [0.15, 0.2) is 28.7 Å². The minimum Gasteiger partial charge on any atom is -0.396 e. The highest BCUT2D eigenvalue weighted by molar-refractivity contribution is 9.10. The van der Waals surface area contributed by atoms with Gasteiger partial charge in [0, 0.05) is 36.3 Å². The van der Waals surface area contributed by atoms with Crippen LogP contribution >= 0.6 is 15.9 Å². The third-order valence-corrected chi connectivity index (χ3v) is 4.23. The quantitative estimate of drug-likeness (QED) is 0.928. The summed E-state index contributed by atoms with van der Waals surface area (Å²) in [7, 11) is 2.15. The van der Waals surface area contributed by atoms with Crippen LogP contribution < -0.4 is 4.90 Å². The summed E-state index contributed by atoms with van der Waals surface area (Å²) in [4.78, 5) is 4.79. The summed E-state index contributed by atoms with van der Waals surface area (Å²) in [6, 6.07) is 9.17. The largest absolute Gasteiger partial charge is 0.396 e. The van der Waals surface area contributed by atoms with Crippen LogP contribution in [0.1, 0.15) is 13.3 Å². The summed E-state index contributed by atoms with van der Waals surface area (Å²) in [6.07, 6.45) is 0.815. The number of anilines is 1. The van der Waals surface area contributed by atoms with E-state index in [1.54, 1.807) is 0 Å². The molecule has 2 atom stereocenters. The molecular weight excluding hydrogens is 292 g/mol. The van der Waals surface area contributed by atoms with Gasteiger partial charge in [-0.2, -0.15) is 0 Å². The third kappa shape index (κ3) is 2.87. The van der Waals surface area contributed by atoms with Gasteiger partial charge in [-0.1, -0.05) is 12.1 Å². The number of benzene rings is 1. The summed E-state index contributed by atoms with van der Waals surface area (Å²) in [5.74, 6) is 0. The lowest BCUT2D eigenvalue weighted by Gasteiger charge is -2.46. The first-order valence-electron chi connectivity index (χ1n) is 6.45. The zero-order valence-corrected chi connectivity index (χ0v) is 12.6. The molecule has 0 aliphatic carbocycles. The average Bonchev–Trinajstić information content (AvgIpc) is 2.31. The van der Waals surface area contributed by atoms with Crippen molar-refractivity contribution in [3.05, 3.63) is 28.7 Å². The van der Waals surface area contributed by atoms with Crippen LogP contribution in [0, 0.1) is 0 Å². The highest BCUT2D eigenvalue weighted by atomic mass is 79.9. The fraction of sp³-hybridized carbons (Fsp3) is 0.571. The maximum absolute atomic E-state index is 9.27. The fourth-order valence-corrected chi connectivity index (χ4v) is 3.39. The summed E-state index contributed by atoms with van der Waals surface area (Å²) < 4.78 is 1.13. The third-order valence-electron chi connectivity index (χ3n) is 3.56. The first kappa shape index (κ1) is 13.8. The number of aliphatic hydroxyl groups is 1. The molecule has 1 aliphatic heterocycles. The van der Waals surface area contributed by atoms with Crippen LogP contribution in [-0.4, -0.2) is 48.8 Å². The second-order valence-electron chi connectivity index (χ2n) is 5.10. The molecular formula is C14H21BrN2O. The van der Waals surface area contributed by atoms with E-state index in [0.717, 1.165) is 24.0 Å². The molecule has 18 heavy (non-hydrogen) atoms. The normalized spacial score (nSPS) is 25.4. The highest BCUT2D eigenvalue weighted by Gasteiger charge is 2.31. The van der Waals surface area contributed by atoms with Crippen molar-refractivity contribution in [3.63, 3.8) is 0 Å². The highest BCUT2D eigenvalue weighted by Crippen LogP contribution is 2.32. The minimum atomic E-state index is 0.242. The lowest BCUT2D eigenvalue weighted by Crippen LogP contribution is -2.57. The molecule has 0 bridgehead atoms. The number of halogens is 1. The van der Waals surface area contributed by atoms with Crippen LogP contribution in [0.2, 0.25) is 0 Å². The van der Waals surface area contributed by atoms with E-state index in [-0.39, 0.29) is 6.61 Å². The molecule has 1 aromatic rings. The number of rotatable bonds is 3. The van der Waals surface area contributed by atoms with Gasteiger partial charge in [-0.3, -0.25) is 0 Å². The SMILES string of the molecule is CC1CN(C)CC(CCO)N1c1ccccc1Br. The zero-order chi connectivity index (χ0) is 13.1. The van der Waals surface area contributed by atoms with E-state index in [1.807, 2.05) is 6.07 Å². The summed E-state index contributed by atoms with van der Waals surface area (Å²) in [5.41, 5.74) is 1.23. The molecule has 4 heteroatoms. The molecule has 0 radical (unpaired) electrons. The Morgan fingerprint density at radius 2 is 2.06 bits per heavy atom. The Morgan fingerprint density at radius 1 is 1.33 bits per heavy atom. The van der Waals surface area contributed by atoms with Crippen molar-refractivity contribution in [2.24, 2.45) is 0 Å². The van der Waals surface area contributed by atoms with Gasteiger partial charge >= 0.3 is 0 Å². The molecule has 1 fully saturated rings. The molecule has 1 saturated heterocycles. The van der Waals surface area contributed by atoms with E-state index >= 15 is 0 Å². The first-order valence-corrected chi connectivity index (χ1v) is 7.25. The lowest BCUT2D eigenvalue weighted by atomic mass is 10.0. The Morgan fingerprint density at radius 3 is 2.72 bits per heavy atom. The van der Waals surface area contributed by atoms with E-state index in [4.69, 9.17) is 0 Å². The van der Waals surface area contributed by atoms with Gasteiger partial charge in [0.1, 0.15) is 0 Å². The number of hydrogen-bond donors (Lipinski definition) is 1. The van der Waals surface area contributed by atoms with E-state index < -0.39 is 0 Å². The zero-order valence-electron chi connectivity index (χ0n) is 11.0. The molecule has 1 N–H and O–H groups in total. The van der Waals surface area contributed by atoms with E-state index in [9.17, 15) is 5.11 Å². The molecule has 100 valence electrons. The second-order valence-corrected chi connectivity index (χ2v) is 5.95. The molecule has 1 heterocycles. The van der Waals surface area contributed by atoms with Crippen LogP contribution in [-0.2, 0) is 0 Å². The number of hydrogen-bond acceptors (Lipinski definition) is 3. The molecule has 0 amide bonds. The van der Waals surface area contributed by atoms with Crippen LogP contribution in [0.3, 0.4) is 0 Å².